The van der Waals surface area contributed by atoms with E-state index in [-0.39, 0.29) is 12.2 Å². The molecule has 0 saturated carbocycles. The molecule has 1 aromatic carbocycles. The van der Waals surface area contributed by atoms with Gasteiger partial charge in [-0.25, -0.2) is 0 Å². The molecule has 0 spiro atoms. The second-order valence-electron chi connectivity index (χ2n) is 2.21. The summed E-state index contributed by atoms with van der Waals surface area (Å²) in [5.74, 6) is 0. The van der Waals surface area contributed by atoms with E-state index in [9.17, 15) is 15.0 Å². The average Bonchev–Trinajstić information content (AvgIpc) is 2.06. The highest BCUT2D eigenvalue weighted by Crippen LogP contribution is 2.12. The second kappa shape index (κ2) is 3.56. The molecule has 0 aromatic heterocycles. The normalized spacial score (nSPS) is 9.33. The Morgan fingerprint density at radius 3 is 2.33 bits per heavy atom. The van der Waals surface area contributed by atoms with Crippen LogP contribution in [0.5, 0.6) is 0 Å². The van der Waals surface area contributed by atoms with Crippen molar-refractivity contribution in [3.8, 4) is 0 Å². The van der Waals surface area contributed by atoms with E-state index >= 15 is 0 Å². The van der Waals surface area contributed by atoms with Crippen LogP contribution in [0.15, 0.2) is 29.4 Å². The third-order valence-corrected chi connectivity index (χ3v) is 1.39. The van der Waals surface area contributed by atoms with Crippen LogP contribution in [0.25, 0.3) is 0 Å². The third kappa shape index (κ3) is 1.85. The molecule has 0 bridgehead atoms. The van der Waals surface area contributed by atoms with E-state index in [4.69, 9.17) is 0 Å². The molecule has 0 aliphatic carbocycles. The molecule has 1 rings (SSSR count). The molecule has 0 aliphatic rings. The van der Waals surface area contributed by atoms with Crippen LogP contribution in [0.1, 0.15) is 5.56 Å². The fourth-order valence-corrected chi connectivity index (χ4v) is 0.798. The van der Waals surface area contributed by atoms with Crippen molar-refractivity contribution in [2.45, 2.75) is 6.54 Å². The van der Waals surface area contributed by atoms with E-state index in [1.54, 1.807) is 0 Å². The fourth-order valence-electron chi connectivity index (χ4n) is 0.798. The summed E-state index contributed by atoms with van der Waals surface area (Å²) >= 11 is 0. The van der Waals surface area contributed by atoms with Gasteiger partial charge in [0.05, 0.1) is 4.92 Å². The largest absolute Gasteiger partial charge is 0.269 e. The number of benzene rings is 1. The van der Waals surface area contributed by atoms with Gasteiger partial charge in [0.2, 0.25) is 0 Å². The van der Waals surface area contributed by atoms with Crippen molar-refractivity contribution in [3.05, 3.63) is 44.9 Å². The van der Waals surface area contributed by atoms with Gasteiger partial charge in [0.1, 0.15) is 6.54 Å². The first-order valence-corrected chi connectivity index (χ1v) is 3.26. The molecule has 12 heavy (non-hydrogen) atoms. The van der Waals surface area contributed by atoms with Gasteiger partial charge in [0.25, 0.3) is 5.69 Å². The van der Waals surface area contributed by atoms with Crippen molar-refractivity contribution in [2.75, 3.05) is 0 Å². The quantitative estimate of drug-likeness (QED) is 0.390. The van der Waals surface area contributed by atoms with E-state index in [0.29, 0.717) is 5.56 Å². The van der Waals surface area contributed by atoms with Crippen molar-refractivity contribution in [1.82, 2.24) is 0 Å². The first-order chi connectivity index (χ1) is 5.74. The monoisotopic (exact) mass is 166 g/mol. The number of nitrogens with zero attached hydrogens (tertiary/aromatic N) is 2. The summed E-state index contributed by atoms with van der Waals surface area (Å²) in [4.78, 5) is 19.5. The Labute approximate surface area is 68.1 Å². The summed E-state index contributed by atoms with van der Waals surface area (Å²) in [5.41, 5.74) is 0.695. The van der Waals surface area contributed by atoms with E-state index in [1.165, 1.54) is 24.3 Å². The standard InChI is InChI=1S/C7H6N2O3/c10-8-5-6-1-3-7(4-2-6)9(11)12/h1-4H,5H2. The van der Waals surface area contributed by atoms with Crippen molar-refractivity contribution >= 4 is 5.69 Å². The summed E-state index contributed by atoms with van der Waals surface area (Å²) in [7, 11) is 0. The Morgan fingerprint density at radius 2 is 1.92 bits per heavy atom. The topological polar surface area (TPSA) is 72.6 Å². The van der Waals surface area contributed by atoms with Gasteiger partial charge in [-0.15, -0.1) is 0 Å². The van der Waals surface area contributed by atoms with Gasteiger partial charge in [0, 0.05) is 12.1 Å². The Bertz CT molecular complexity index is 294. The zero-order valence-electron chi connectivity index (χ0n) is 6.14. The number of hydrogen-bond acceptors (Lipinski definition) is 4. The van der Waals surface area contributed by atoms with Gasteiger partial charge < -0.3 is 0 Å². The molecule has 0 aliphatic heterocycles. The first-order valence-electron chi connectivity index (χ1n) is 3.26. The Kier molecular flexibility index (Phi) is 2.47. The summed E-state index contributed by atoms with van der Waals surface area (Å²) < 4.78 is 0. The molecular weight excluding hydrogens is 160 g/mol. The molecule has 5 nitrogen and oxygen atoms in total. The number of rotatable bonds is 3. The fraction of sp³-hybridized carbons (Fsp3) is 0.143. The molecule has 5 heteroatoms. The van der Waals surface area contributed by atoms with Crippen molar-refractivity contribution in [3.63, 3.8) is 0 Å². The summed E-state index contributed by atoms with van der Waals surface area (Å²) in [6.45, 7) is 0.0536. The van der Waals surface area contributed by atoms with E-state index < -0.39 is 4.92 Å². The Hall–Kier alpha value is -1.78. The lowest BCUT2D eigenvalue weighted by atomic mass is 10.2. The third-order valence-electron chi connectivity index (χ3n) is 1.39. The van der Waals surface area contributed by atoms with Gasteiger partial charge in [0.15, 0.2) is 0 Å². The predicted octanol–water partition coefficient (Wildman–Crippen LogP) is 1.86. The molecule has 0 fully saturated rings. The molecule has 0 saturated heterocycles. The van der Waals surface area contributed by atoms with Crippen LogP contribution < -0.4 is 0 Å². The number of hydrogen-bond donors (Lipinski definition) is 0. The Balaban J connectivity index is 2.85. The highest BCUT2D eigenvalue weighted by atomic mass is 16.6. The zero-order valence-corrected chi connectivity index (χ0v) is 6.14. The highest BCUT2D eigenvalue weighted by Gasteiger charge is 2.02. The van der Waals surface area contributed by atoms with Crippen molar-refractivity contribution in [1.29, 1.82) is 0 Å². The van der Waals surface area contributed by atoms with E-state index in [1.807, 2.05) is 0 Å². The summed E-state index contributed by atoms with van der Waals surface area (Å²) in [6.07, 6.45) is 0. The Morgan fingerprint density at radius 1 is 1.33 bits per heavy atom. The van der Waals surface area contributed by atoms with Gasteiger partial charge in [-0.1, -0.05) is 17.3 Å². The minimum absolute atomic E-state index is 0.0182. The molecule has 0 radical (unpaired) electrons. The van der Waals surface area contributed by atoms with Crippen LogP contribution in [0, 0.1) is 15.0 Å². The zero-order chi connectivity index (χ0) is 8.97. The maximum absolute atomic E-state index is 10.2. The van der Waals surface area contributed by atoms with Crippen LogP contribution in [0.2, 0.25) is 0 Å². The molecule has 0 heterocycles. The van der Waals surface area contributed by atoms with Crippen LogP contribution in [0.3, 0.4) is 0 Å². The van der Waals surface area contributed by atoms with E-state index in [2.05, 4.69) is 5.18 Å². The average molecular weight is 166 g/mol. The van der Waals surface area contributed by atoms with Crippen LogP contribution >= 0.6 is 0 Å². The lowest BCUT2D eigenvalue weighted by Gasteiger charge is -1.92. The predicted molar refractivity (Wildman–Crippen MR) is 42.6 cm³/mol. The van der Waals surface area contributed by atoms with Crippen LogP contribution in [0.4, 0.5) is 5.69 Å². The number of nitroso groups, excluding NO2 is 1. The lowest BCUT2D eigenvalue weighted by Crippen LogP contribution is -1.87. The molecule has 62 valence electrons. The SMILES string of the molecule is O=NCc1ccc([N+](=O)[O-])cc1. The minimum atomic E-state index is -0.488. The number of nitro benzene ring substituents is 1. The number of nitro groups is 1. The van der Waals surface area contributed by atoms with Crippen LogP contribution in [-0.4, -0.2) is 4.92 Å². The minimum Gasteiger partial charge on any atom is -0.258 e. The smallest absolute Gasteiger partial charge is 0.258 e. The molecule has 0 amide bonds. The van der Waals surface area contributed by atoms with Crippen molar-refractivity contribution in [2.24, 2.45) is 5.18 Å². The molecule has 0 unspecified atom stereocenters. The maximum atomic E-state index is 10.2. The second-order valence-corrected chi connectivity index (χ2v) is 2.21. The summed E-state index contributed by atoms with van der Waals surface area (Å²) in [6, 6.07) is 5.72. The maximum Gasteiger partial charge on any atom is 0.269 e. The van der Waals surface area contributed by atoms with E-state index in [0.717, 1.165) is 0 Å². The van der Waals surface area contributed by atoms with Gasteiger partial charge in [-0.3, -0.25) is 10.1 Å². The van der Waals surface area contributed by atoms with Crippen LogP contribution in [-0.2, 0) is 6.54 Å². The van der Waals surface area contributed by atoms with Crippen molar-refractivity contribution < 1.29 is 4.92 Å². The van der Waals surface area contributed by atoms with Gasteiger partial charge in [-0.05, 0) is 5.56 Å². The first kappa shape index (κ1) is 8.32. The number of non-ortho nitro benzene ring substituents is 1. The molecule has 0 N–H and O–H groups in total. The highest BCUT2D eigenvalue weighted by molar-refractivity contribution is 5.32. The molecule has 1 aromatic rings. The van der Waals surface area contributed by atoms with Gasteiger partial charge in [-0.2, -0.15) is 4.91 Å². The molecular formula is C7H6N2O3. The lowest BCUT2D eigenvalue weighted by molar-refractivity contribution is -0.384. The van der Waals surface area contributed by atoms with Gasteiger partial charge >= 0.3 is 0 Å². The molecule has 0 atom stereocenters. The summed E-state index contributed by atoms with van der Waals surface area (Å²) in [5, 5.41) is 12.9.